The molecule has 6 nitrogen and oxygen atoms in total. The SMILES string of the molecule is O=c1cc(C(F)(F)F)c2cc(Cc3ccc(S(=O)(=O)N[C@H]4[C@H]5CC[C@H](C5)[C@H]4CO)cc3)ccc2[nH]1. The quantitative estimate of drug-likeness (QED) is 0.473. The zero-order chi connectivity index (χ0) is 25.0. The van der Waals surface area contributed by atoms with Crippen molar-refractivity contribution in [3.8, 4) is 0 Å². The lowest BCUT2D eigenvalue weighted by molar-refractivity contribution is -0.136. The van der Waals surface area contributed by atoms with E-state index in [1.54, 1.807) is 18.2 Å². The summed E-state index contributed by atoms with van der Waals surface area (Å²) in [6.45, 7) is -0.0387. The van der Waals surface area contributed by atoms with Crippen LogP contribution in [-0.2, 0) is 22.6 Å². The van der Waals surface area contributed by atoms with Crippen LogP contribution >= 0.6 is 0 Å². The molecule has 1 aromatic heterocycles. The number of aliphatic hydroxyl groups excluding tert-OH is 1. The monoisotopic (exact) mass is 506 g/mol. The minimum atomic E-state index is -4.66. The largest absolute Gasteiger partial charge is 0.417 e. The molecule has 2 aliphatic rings. The highest BCUT2D eigenvalue weighted by Gasteiger charge is 2.48. The summed E-state index contributed by atoms with van der Waals surface area (Å²) in [5.41, 5.74) is -0.389. The average molecular weight is 507 g/mol. The van der Waals surface area contributed by atoms with Gasteiger partial charge in [0.25, 0.3) is 0 Å². The highest BCUT2D eigenvalue weighted by Crippen LogP contribution is 2.48. The standard InChI is InChI=1S/C25H25F3N2O4S/c26-25(27,28)21-12-23(32)29-22-8-3-15(10-19(21)22)9-14-1-6-18(7-2-14)35(33,34)30-24-17-5-4-16(11-17)20(24)13-31/h1-3,6-8,10,12,16-17,20,24,30-31H,4-5,9,11,13H2,(H,29,32)/t16-,17+,20-,24+/m1/s1. The molecule has 0 unspecified atom stereocenters. The van der Waals surface area contributed by atoms with Crippen LogP contribution in [0.15, 0.2) is 58.2 Å². The average Bonchev–Trinajstić information content (AvgIpc) is 3.40. The van der Waals surface area contributed by atoms with Gasteiger partial charge in [-0.25, -0.2) is 13.1 Å². The van der Waals surface area contributed by atoms with Crippen LogP contribution in [0.2, 0.25) is 0 Å². The Hall–Kier alpha value is -2.69. The lowest BCUT2D eigenvalue weighted by atomic mass is 9.86. The van der Waals surface area contributed by atoms with Crippen LogP contribution < -0.4 is 10.3 Å². The molecule has 0 amide bonds. The Morgan fingerprint density at radius 2 is 1.69 bits per heavy atom. The lowest BCUT2D eigenvalue weighted by Crippen LogP contribution is -2.45. The Balaban J connectivity index is 1.36. The van der Waals surface area contributed by atoms with E-state index in [9.17, 15) is 31.5 Å². The van der Waals surface area contributed by atoms with E-state index in [0.29, 0.717) is 24.0 Å². The number of halogens is 3. The number of alkyl halides is 3. The molecule has 0 spiro atoms. The molecule has 0 aliphatic heterocycles. The number of aromatic amines is 1. The third kappa shape index (κ3) is 4.62. The fraction of sp³-hybridized carbons (Fsp3) is 0.400. The maximum absolute atomic E-state index is 13.4. The molecule has 10 heteroatoms. The topological polar surface area (TPSA) is 99.3 Å². The van der Waals surface area contributed by atoms with Gasteiger partial charge < -0.3 is 10.1 Å². The molecule has 3 aromatic rings. The van der Waals surface area contributed by atoms with Gasteiger partial charge in [0.2, 0.25) is 15.6 Å². The predicted molar refractivity (Wildman–Crippen MR) is 124 cm³/mol. The number of H-pyrrole nitrogens is 1. The third-order valence-corrected chi connectivity index (χ3v) is 8.92. The van der Waals surface area contributed by atoms with Crippen molar-refractivity contribution in [3.05, 3.63) is 75.6 Å². The molecular formula is C25H25F3N2O4S. The van der Waals surface area contributed by atoms with Gasteiger partial charge in [0.05, 0.1) is 10.5 Å². The molecule has 5 rings (SSSR count). The normalized spacial score (nSPS) is 24.3. The number of sulfonamides is 1. The van der Waals surface area contributed by atoms with E-state index in [1.165, 1.54) is 24.3 Å². The summed E-state index contributed by atoms with van der Waals surface area (Å²) < 4.78 is 69.0. The first-order chi connectivity index (χ1) is 16.5. The van der Waals surface area contributed by atoms with Crippen LogP contribution in [0.4, 0.5) is 13.2 Å². The van der Waals surface area contributed by atoms with Crippen molar-refractivity contribution in [2.45, 2.75) is 42.8 Å². The lowest BCUT2D eigenvalue weighted by Gasteiger charge is -2.30. The van der Waals surface area contributed by atoms with E-state index in [1.807, 2.05) is 0 Å². The van der Waals surface area contributed by atoms with Gasteiger partial charge in [-0.3, -0.25) is 4.79 Å². The summed E-state index contributed by atoms with van der Waals surface area (Å²) in [6.07, 6.45) is -1.45. The van der Waals surface area contributed by atoms with Crippen LogP contribution in [0.25, 0.3) is 10.9 Å². The van der Waals surface area contributed by atoms with Gasteiger partial charge in [0.15, 0.2) is 0 Å². The van der Waals surface area contributed by atoms with E-state index in [0.717, 1.165) is 24.8 Å². The van der Waals surface area contributed by atoms with Crippen molar-refractivity contribution in [2.24, 2.45) is 17.8 Å². The Morgan fingerprint density at radius 3 is 2.37 bits per heavy atom. The maximum atomic E-state index is 13.4. The molecule has 0 saturated heterocycles. The van der Waals surface area contributed by atoms with Crippen molar-refractivity contribution < 1.29 is 26.7 Å². The van der Waals surface area contributed by atoms with Crippen LogP contribution in [0.3, 0.4) is 0 Å². The first kappa shape index (κ1) is 24.0. The molecule has 2 bridgehead atoms. The van der Waals surface area contributed by atoms with Crippen LogP contribution in [0, 0.1) is 17.8 Å². The molecule has 2 aliphatic carbocycles. The number of rotatable bonds is 6. The minimum absolute atomic E-state index is 0.0387. The fourth-order valence-electron chi connectivity index (χ4n) is 5.77. The molecule has 4 atom stereocenters. The van der Waals surface area contributed by atoms with Crippen molar-refractivity contribution in [3.63, 3.8) is 0 Å². The summed E-state index contributed by atoms with van der Waals surface area (Å²) in [6, 6.07) is 11.0. The number of benzene rings is 2. The van der Waals surface area contributed by atoms with E-state index in [2.05, 4.69) is 9.71 Å². The molecule has 186 valence electrons. The number of aliphatic hydroxyl groups is 1. The second-order valence-electron chi connectivity index (χ2n) is 9.57. The Labute approximate surface area is 200 Å². The predicted octanol–water partition coefficient (Wildman–Crippen LogP) is 3.82. The molecule has 2 saturated carbocycles. The van der Waals surface area contributed by atoms with E-state index in [4.69, 9.17) is 0 Å². The zero-order valence-corrected chi connectivity index (χ0v) is 19.5. The highest BCUT2D eigenvalue weighted by molar-refractivity contribution is 7.89. The molecular weight excluding hydrogens is 481 g/mol. The first-order valence-corrected chi connectivity index (χ1v) is 13.0. The van der Waals surface area contributed by atoms with Gasteiger partial charge >= 0.3 is 6.18 Å². The molecule has 35 heavy (non-hydrogen) atoms. The van der Waals surface area contributed by atoms with Gasteiger partial charge in [-0.2, -0.15) is 13.2 Å². The van der Waals surface area contributed by atoms with E-state index >= 15 is 0 Å². The van der Waals surface area contributed by atoms with Crippen LogP contribution in [0.1, 0.15) is 36.0 Å². The fourth-order valence-corrected chi connectivity index (χ4v) is 7.13. The number of fused-ring (bicyclic) bond motifs is 3. The van der Waals surface area contributed by atoms with Crippen molar-refractivity contribution >= 4 is 20.9 Å². The third-order valence-electron chi connectivity index (χ3n) is 7.45. The van der Waals surface area contributed by atoms with Crippen LogP contribution in [0.5, 0.6) is 0 Å². The zero-order valence-electron chi connectivity index (χ0n) is 18.7. The number of pyridine rings is 1. The molecule has 2 aromatic carbocycles. The van der Waals surface area contributed by atoms with Gasteiger partial charge in [0.1, 0.15) is 0 Å². The smallest absolute Gasteiger partial charge is 0.396 e. The van der Waals surface area contributed by atoms with Gasteiger partial charge in [-0.05, 0) is 72.9 Å². The Bertz CT molecular complexity index is 1420. The number of aromatic nitrogens is 1. The van der Waals surface area contributed by atoms with Gasteiger partial charge in [-0.1, -0.05) is 18.2 Å². The summed E-state index contributed by atoms with van der Waals surface area (Å²) >= 11 is 0. The summed E-state index contributed by atoms with van der Waals surface area (Å²) in [5.74, 6) is 0.542. The second kappa shape index (κ2) is 8.76. The summed E-state index contributed by atoms with van der Waals surface area (Å²) in [4.78, 5) is 14.1. The molecule has 1 heterocycles. The summed E-state index contributed by atoms with van der Waals surface area (Å²) in [5, 5.41) is 9.63. The number of hydrogen-bond acceptors (Lipinski definition) is 4. The van der Waals surface area contributed by atoms with Gasteiger partial charge in [0, 0.05) is 35.5 Å². The molecule has 3 N–H and O–H groups in total. The Kier molecular flexibility index (Phi) is 6.01. The molecule has 0 radical (unpaired) electrons. The van der Waals surface area contributed by atoms with E-state index in [-0.39, 0.29) is 40.3 Å². The van der Waals surface area contributed by atoms with E-state index < -0.39 is 27.3 Å². The number of nitrogens with one attached hydrogen (secondary N) is 2. The maximum Gasteiger partial charge on any atom is 0.417 e. The Morgan fingerprint density at radius 1 is 1.00 bits per heavy atom. The summed E-state index contributed by atoms with van der Waals surface area (Å²) in [7, 11) is -3.77. The highest BCUT2D eigenvalue weighted by atomic mass is 32.2. The van der Waals surface area contributed by atoms with Gasteiger partial charge in [-0.15, -0.1) is 0 Å². The first-order valence-electron chi connectivity index (χ1n) is 11.5. The van der Waals surface area contributed by atoms with Crippen molar-refractivity contribution in [2.75, 3.05) is 6.61 Å². The van der Waals surface area contributed by atoms with Crippen LogP contribution in [-0.4, -0.2) is 31.2 Å². The van der Waals surface area contributed by atoms with Crippen molar-refractivity contribution in [1.82, 2.24) is 9.71 Å². The number of hydrogen-bond donors (Lipinski definition) is 3. The minimum Gasteiger partial charge on any atom is -0.396 e. The van der Waals surface area contributed by atoms with Crippen molar-refractivity contribution in [1.29, 1.82) is 0 Å². The second-order valence-corrected chi connectivity index (χ2v) is 11.3. The molecule has 2 fully saturated rings.